The number of piperidine rings is 1. The molecule has 0 unspecified atom stereocenters. The van der Waals surface area contributed by atoms with Gasteiger partial charge in [-0.05, 0) is 78.3 Å². The van der Waals surface area contributed by atoms with Crippen LogP contribution < -0.4 is 0 Å². The molecule has 0 saturated carbocycles. The molecule has 0 radical (unpaired) electrons. The van der Waals surface area contributed by atoms with Gasteiger partial charge in [-0.25, -0.2) is 9.97 Å². The predicted octanol–water partition coefficient (Wildman–Crippen LogP) is 8.39. The first-order chi connectivity index (χ1) is 19.5. The Bertz CT molecular complexity index is 1570. The molecule has 0 spiro atoms. The van der Waals surface area contributed by atoms with Crippen molar-refractivity contribution >= 4 is 28.8 Å². The number of fused-ring (bicyclic) bond motifs is 1. The normalized spacial score (nSPS) is 18.3. The van der Waals surface area contributed by atoms with E-state index in [4.69, 9.17) is 16.6 Å². The molecule has 214 valence electrons. The molecule has 6 rings (SSSR count). The van der Waals surface area contributed by atoms with Crippen LogP contribution in [0.1, 0.15) is 97.2 Å². The van der Waals surface area contributed by atoms with Crippen molar-refractivity contribution < 1.29 is 4.79 Å². The first-order valence-electron chi connectivity index (χ1n) is 14.7. The molecule has 4 aromatic rings. The number of likely N-dealkylation sites (tertiary alicyclic amines) is 1. The second kappa shape index (κ2) is 10.7. The summed E-state index contributed by atoms with van der Waals surface area (Å²) in [5, 5.41) is 4.12. The largest absolute Gasteiger partial charge is 0.337 e. The SMILES string of the molecule is Cc1c(C(=O)N2CCC(c3nc(-c4ccc5c(c4)C(C)(C)CCC5(C)C)cs3)CC2)ncn1Cc1ccc(Cl)cc1. The number of thiazole rings is 1. The molecule has 1 aliphatic carbocycles. The number of nitrogens with zero attached hydrogens (tertiary/aromatic N) is 4. The van der Waals surface area contributed by atoms with E-state index in [1.54, 1.807) is 17.7 Å². The molecule has 7 heteroatoms. The fraction of sp³-hybridized carbons (Fsp3) is 0.441. The Labute approximate surface area is 252 Å². The highest BCUT2D eigenvalue weighted by Gasteiger charge is 2.37. The maximum Gasteiger partial charge on any atom is 0.274 e. The Kier molecular flexibility index (Phi) is 7.36. The molecule has 5 nitrogen and oxygen atoms in total. The summed E-state index contributed by atoms with van der Waals surface area (Å²) in [6, 6.07) is 14.8. The Morgan fingerprint density at radius 2 is 1.68 bits per heavy atom. The van der Waals surface area contributed by atoms with Crippen LogP contribution in [-0.2, 0) is 17.4 Å². The third kappa shape index (κ3) is 5.49. The van der Waals surface area contributed by atoms with Crippen molar-refractivity contribution in [3.05, 3.63) is 92.3 Å². The molecule has 0 atom stereocenters. The lowest BCUT2D eigenvalue weighted by Crippen LogP contribution is -2.38. The van der Waals surface area contributed by atoms with Crippen molar-refractivity contribution in [2.24, 2.45) is 0 Å². The minimum atomic E-state index is 0.0234. The zero-order valence-electron chi connectivity index (χ0n) is 24.7. The molecule has 1 aliphatic heterocycles. The molecular formula is C34H39ClN4OS. The van der Waals surface area contributed by atoms with Crippen LogP contribution in [-0.4, -0.2) is 38.4 Å². The van der Waals surface area contributed by atoms with Crippen LogP contribution in [0.25, 0.3) is 11.3 Å². The van der Waals surface area contributed by atoms with Crippen LogP contribution in [0.4, 0.5) is 0 Å². The maximum absolute atomic E-state index is 13.4. The fourth-order valence-corrected chi connectivity index (χ4v) is 7.56. The van der Waals surface area contributed by atoms with Gasteiger partial charge >= 0.3 is 0 Å². The van der Waals surface area contributed by atoms with E-state index >= 15 is 0 Å². The van der Waals surface area contributed by atoms with Crippen LogP contribution in [0, 0.1) is 6.92 Å². The van der Waals surface area contributed by atoms with E-state index in [1.807, 2.05) is 40.7 Å². The molecular weight excluding hydrogens is 548 g/mol. The van der Waals surface area contributed by atoms with E-state index in [-0.39, 0.29) is 16.7 Å². The van der Waals surface area contributed by atoms with E-state index in [0.717, 1.165) is 47.9 Å². The number of benzene rings is 2. The summed E-state index contributed by atoms with van der Waals surface area (Å²) in [7, 11) is 0. The fourth-order valence-electron chi connectivity index (χ4n) is 6.43. The van der Waals surface area contributed by atoms with Crippen LogP contribution in [0.5, 0.6) is 0 Å². The molecule has 2 aliphatic rings. The van der Waals surface area contributed by atoms with Crippen LogP contribution >= 0.6 is 22.9 Å². The minimum absolute atomic E-state index is 0.0234. The monoisotopic (exact) mass is 586 g/mol. The van der Waals surface area contributed by atoms with Gasteiger partial charge in [-0.15, -0.1) is 11.3 Å². The van der Waals surface area contributed by atoms with Crippen LogP contribution in [0.15, 0.2) is 54.2 Å². The highest BCUT2D eigenvalue weighted by molar-refractivity contribution is 7.10. The van der Waals surface area contributed by atoms with Crippen LogP contribution in [0.2, 0.25) is 5.02 Å². The van der Waals surface area contributed by atoms with Gasteiger partial charge in [-0.3, -0.25) is 4.79 Å². The van der Waals surface area contributed by atoms with E-state index in [9.17, 15) is 4.79 Å². The van der Waals surface area contributed by atoms with Crippen molar-refractivity contribution in [3.63, 3.8) is 0 Å². The summed E-state index contributed by atoms with van der Waals surface area (Å²) in [5.74, 6) is 0.407. The van der Waals surface area contributed by atoms with Gasteiger partial charge in [0.25, 0.3) is 5.91 Å². The average molecular weight is 587 g/mol. The maximum atomic E-state index is 13.4. The van der Waals surface area contributed by atoms with Crippen molar-refractivity contribution in [2.45, 2.75) is 83.6 Å². The predicted molar refractivity (Wildman–Crippen MR) is 168 cm³/mol. The van der Waals surface area contributed by atoms with Crippen molar-refractivity contribution in [1.82, 2.24) is 19.4 Å². The Balaban J connectivity index is 1.11. The molecule has 2 aromatic carbocycles. The number of halogens is 1. The summed E-state index contributed by atoms with van der Waals surface area (Å²) >= 11 is 7.79. The average Bonchev–Trinajstić information content (AvgIpc) is 3.60. The molecule has 2 aromatic heterocycles. The van der Waals surface area contributed by atoms with E-state index in [2.05, 4.69) is 56.3 Å². The zero-order chi connectivity index (χ0) is 28.9. The third-order valence-corrected chi connectivity index (χ3v) is 10.6. The molecule has 0 N–H and O–H groups in total. The third-order valence-electron chi connectivity index (χ3n) is 9.37. The summed E-state index contributed by atoms with van der Waals surface area (Å²) in [6.07, 6.45) is 6.05. The molecule has 1 amide bonds. The lowest BCUT2D eigenvalue weighted by atomic mass is 9.63. The van der Waals surface area contributed by atoms with Gasteiger partial charge in [0.2, 0.25) is 0 Å². The number of carbonyl (C=O) groups excluding carboxylic acids is 1. The molecule has 0 bridgehead atoms. The van der Waals surface area contributed by atoms with Gasteiger partial charge in [0.1, 0.15) is 5.69 Å². The van der Waals surface area contributed by atoms with Gasteiger partial charge in [0.15, 0.2) is 0 Å². The van der Waals surface area contributed by atoms with Gasteiger partial charge in [-0.1, -0.05) is 63.6 Å². The zero-order valence-corrected chi connectivity index (χ0v) is 26.3. The highest BCUT2D eigenvalue weighted by atomic mass is 35.5. The van der Waals surface area contributed by atoms with Gasteiger partial charge < -0.3 is 9.47 Å². The molecule has 1 saturated heterocycles. The van der Waals surface area contributed by atoms with Gasteiger partial charge in [0, 0.05) is 47.2 Å². The number of aromatic nitrogens is 3. The van der Waals surface area contributed by atoms with Crippen molar-refractivity contribution in [2.75, 3.05) is 13.1 Å². The topological polar surface area (TPSA) is 51.0 Å². The summed E-state index contributed by atoms with van der Waals surface area (Å²) in [4.78, 5) is 25.0. The first-order valence-corrected chi connectivity index (χ1v) is 15.9. The lowest BCUT2D eigenvalue weighted by molar-refractivity contribution is 0.0706. The minimum Gasteiger partial charge on any atom is -0.337 e. The second-order valence-electron chi connectivity index (χ2n) is 13.1. The number of imidazole rings is 1. The Morgan fingerprint density at radius 3 is 2.39 bits per heavy atom. The van der Waals surface area contributed by atoms with Gasteiger partial charge in [0.05, 0.1) is 17.0 Å². The van der Waals surface area contributed by atoms with Gasteiger partial charge in [-0.2, -0.15) is 0 Å². The summed E-state index contributed by atoms with van der Waals surface area (Å²) in [5.41, 5.74) is 8.22. The quantitative estimate of drug-likeness (QED) is 0.236. The Hall–Kier alpha value is -2.96. The number of hydrogen-bond acceptors (Lipinski definition) is 4. The van der Waals surface area contributed by atoms with Crippen molar-refractivity contribution in [3.8, 4) is 11.3 Å². The van der Waals surface area contributed by atoms with Crippen molar-refractivity contribution in [1.29, 1.82) is 0 Å². The number of rotatable bonds is 5. The first kappa shape index (κ1) is 28.2. The molecule has 1 fully saturated rings. The lowest BCUT2D eigenvalue weighted by Gasteiger charge is -2.42. The molecule has 41 heavy (non-hydrogen) atoms. The smallest absolute Gasteiger partial charge is 0.274 e. The highest BCUT2D eigenvalue weighted by Crippen LogP contribution is 2.47. The van der Waals surface area contributed by atoms with E-state index in [1.165, 1.54) is 34.5 Å². The number of hydrogen-bond donors (Lipinski definition) is 0. The van der Waals surface area contributed by atoms with E-state index in [0.29, 0.717) is 18.2 Å². The molecule has 3 heterocycles. The standard InChI is InChI=1S/C34H39ClN4OS/c1-22-30(36-21-39(22)19-23-6-9-26(35)10-7-23)32(40)38-16-12-24(13-17-38)31-37-29(20-41-31)25-8-11-27-28(18-25)34(4,5)15-14-33(27,2)3/h6-11,18,20-21,24H,12-17,19H2,1-5H3. The number of amides is 1. The van der Waals surface area contributed by atoms with Crippen LogP contribution in [0.3, 0.4) is 0 Å². The van der Waals surface area contributed by atoms with E-state index < -0.39 is 0 Å². The second-order valence-corrected chi connectivity index (χ2v) is 14.4. The summed E-state index contributed by atoms with van der Waals surface area (Å²) < 4.78 is 2.03. The summed E-state index contributed by atoms with van der Waals surface area (Å²) in [6.45, 7) is 13.6. The Morgan fingerprint density at radius 1 is 1.00 bits per heavy atom. The number of carbonyl (C=O) groups is 1.